The number of nitrogens with zero attached hydrogens (tertiary/aromatic N) is 1. The fraction of sp³-hybridized carbons (Fsp3) is 0.600. The van der Waals surface area contributed by atoms with Crippen molar-refractivity contribution in [1.29, 1.82) is 0 Å². The Morgan fingerprint density at radius 2 is 1.78 bits per heavy atom. The summed E-state index contributed by atoms with van der Waals surface area (Å²) in [6.45, 7) is 6.42. The number of rotatable bonds is 7. The predicted octanol–water partition coefficient (Wildman–Crippen LogP) is 3.74. The van der Waals surface area contributed by atoms with E-state index in [0.717, 1.165) is 31.0 Å². The topological polar surface area (TPSA) is 23.5 Å². The van der Waals surface area contributed by atoms with Gasteiger partial charge in [-0.3, -0.25) is 0 Å². The third-order valence-electron chi connectivity index (χ3n) is 3.14. The van der Waals surface area contributed by atoms with E-state index in [2.05, 4.69) is 25.8 Å². The molecule has 0 aliphatic rings. The SMILES string of the molecule is CC(C)CCN(C)CCC(O)c1ccccc1Cl. The predicted molar refractivity (Wildman–Crippen MR) is 78.0 cm³/mol. The van der Waals surface area contributed by atoms with Crippen LogP contribution in [-0.4, -0.2) is 30.1 Å². The molecule has 1 unspecified atom stereocenters. The highest BCUT2D eigenvalue weighted by molar-refractivity contribution is 6.31. The molecule has 1 aromatic rings. The quantitative estimate of drug-likeness (QED) is 0.815. The van der Waals surface area contributed by atoms with Gasteiger partial charge in [0.25, 0.3) is 0 Å². The Morgan fingerprint density at radius 1 is 1.17 bits per heavy atom. The van der Waals surface area contributed by atoms with Gasteiger partial charge in [0, 0.05) is 11.6 Å². The van der Waals surface area contributed by atoms with Crippen LogP contribution in [0.5, 0.6) is 0 Å². The van der Waals surface area contributed by atoms with Gasteiger partial charge in [0.15, 0.2) is 0 Å². The molecule has 0 saturated heterocycles. The summed E-state index contributed by atoms with van der Waals surface area (Å²) in [6, 6.07) is 7.50. The molecule has 0 fully saturated rings. The molecule has 0 radical (unpaired) electrons. The molecule has 1 rings (SSSR count). The molecule has 1 aromatic carbocycles. The van der Waals surface area contributed by atoms with Crippen molar-refractivity contribution in [3.05, 3.63) is 34.9 Å². The highest BCUT2D eigenvalue weighted by Crippen LogP contribution is 2.24. The lowest BCUT2D eigenvalue weighted by atomic mass is 10.1. The molecule has 0 saturated carbocycles. The second-order valence-electron chi connectivity index (χ2n) is 5.31. The van der Waals surface area contributed by atoms with Gasteiger partial charge in [-0.1, -0.05) is 43.6 Å². The fourth-order valence-electron chi connectivity index (χ4n) is 1.83. The first-order valence-corrected chi connectivity index (χ1v) is 6.99. The maximum absolute atomic E-state index is 10.1. The summed E-state index contributed by atoms with van der Waals surface area (Å²) in [5, 5.41) is 10.8. The Labute approximate surface area is 116 Å². The van der Waals surface area contributed by atoms with E-state index in [1.807, 2.05) is 24.3 Å². The number of benzene rings is 1. The van der Waals surface area contributed by atoms with Crippen LogP contribution in [0.3, 0.4) is 0 Å². The lowest BCUT2D eigenvalue weighted by Crippen LogP contribution is -2.23. The lowest BCUT2D eigenvalue weighted by Gasteiger charge is -2.20. The summed E-state index contributed by atoms with van der Waals surface area (Å²) in [7, 11) is 2.10. The molecule has 0 aliphatic carbocycles. The van der Waals surface area contributed by atoms with Crippen LogP contribution >= 0.6 is 11.6 Å². The molecular weight excluding hydrogens is 246 g/mol. The van der Waals surface area contributed by atoms with Gasteiger partial charge in [-0.15, -0.1) is 0 Å². The molecule has 0 aromatic heterocycles. The molecule has 1 N–H and O–H groups in total. The number of hydrogen-bond donors (Lipinski definition) is 1. The van der Waals surface area contributed by atoms with Crippen molar-refractivity contribution in [3.63, 3.8) is 0 Å². The van der Waals surface area contributed by atoms with E-state index in [9.17, 15) is 5.11 Å². The summed E-state index contributed by atoms with van der Waals surface area (Å²) in [5.41, 5.74) is 0.830. The average molecular weight is 270 g/mol. The van der Waals surface area contributed by atoms with E-state index in [1.165, 1.54) is 6.42 Å². The van der Waals surface area contributed by atoms with E-state index >= 15 is 0 Å². The van der Waals surface area contributed by atoms with Crippen LogP contribution in [0.25, 0.3) is 0 Å². The summed E-state index contributed by atoms with van der Waals surface area (Å²) in [4.78, 5) is 2.26. The normalized spacial score (nSPS) is 13.3. The van der Waals surface area contributed by atoms with Crippen molar-refractivity contribution in [1.82, 2.24) is 4.90 Å². The highest BCUT2D eigenvalue weighted by atomic mass is 35.5. The molecule has 2 nitrogen and oxygen atoms in total. The summed E-state index contributed by atoms with van der Waals surface area (Å²) in [6.07, 6.45) is 1.44. The number of hydrogen-bond acceptors (Lipinski definition) is 2. The molecule has 0 heterocycles. The van der Waals surface area contributed by atoms with Crippen molar-refractivity contribution in [3.8, 4) is 0 Å². The molecule has 102 valence electrons. The van der Waals surface area contributed by atoms with Crippen molar-refractivity contribution >= 4 is 11.6 Å². The molecule has 0 amide bonds. The van der Waals surface area contributed by atoms with Gasteiger partial charge in [-0.05, 0) is 44.0 Å². The van der Waals surface area contributed by atoms with Crippen molar-refractivity contribution in [2.45, 2.75) is 32.8 Å². The second kappa shape index (κ2) is 7.78. The van der Waals surface area contributed by atoms with Gasteiger partial charge in [0.1, 0.15) is 0 Å². The number of halogens is 1. The van der Waals surface area contributed by atoms with Gasteiger partial charge < -0.3 is 10.0 Å². The molecule has 18 heavy (non-hydrogen) atoms. The Hall–Kier alpha value is -0.570. The second-order valence-corrected chi connectivity index (χ2v) is 5.72. The standard InChI is InChI=1S/C15H24ClNO/c1-12(2)8-10-17(3)11-9-15(18)13-6-4-5-7-14(13)16/h4-7,12,15,18H,8-11H2,1-3H3. The molecule has 0 spiro atoms. The molecule has 3 heteroatoms. The van der Waals surface area contributed by atoms with Gasteiger partial charge >= 0.3 is 0 Å². The van der Waals surface area contributed by atoms with Crippen LogP contribution in [0.1, 0.15) is 38.4 Å². The zero-order valence-corrected chi connectivity index (χ0v) is 12.3. The minimum Gasteiger partial charge on any atom is -0.388 e. The third-order valence-corrected chi connectivity index (χ3v) is 3.48. The maximum Gasteiger partial charge on any atom is 0.0816 e. The summed E-state index contributed by atoms with van der Waals surface area (Å²) >= 11 is 6.06. The van der Waals surface area contributed by atoms with Crippen LogP contribution in [0.15, 0.2) is 24.3 Å². The molecule has 1 atom stereocenters. The van der Waals surface area contributed by atoms with Gasteiger partial charge in [0.05, 0.1) is 6.10 Å². The minimum absolute atomic E-state index is 0.472. The van der Waals surface area contributed by atoms with E-state index < -0.39 is 6.10 Å². The van der Waals surface area contributed by atoms with E-state index in [-0.39, 0.29) is 0 Å². The van der Waals surface area contributed by atoms with Crippen molar-refractivity contribution in [2.75, 3.05) is 20.1 Å². The van der Waals surface area contributed by atoms with E-state index in [1.54, 1.807) is 0 Å². The Bertz CT molecular complexity index is 354. The summed E-state index contributed by atoms with van der Waals surface area (Å²) in [5.74, 6) is 0.723. The van der Waals surface area contributed by atoms with Crippen LogP contribution in [0.2, 0.25) is 5.02 Å². The van der Waals surface area contributed by atoms with Crippen molar-refractivity contribution < 1.29 is 5.11 Å². The van der Waals surface area contributed by atoms with E-state index in [0.29, 0.717) is 5.02 Å². The van der Waals surface area contributed by atoms with Gasteiger partial charge in [-0.25, -0.2) is 0 Å². The van der Waals surface area contributed by atoms with Crippen molar-refractivity contribution in [2.24, 2.45) is 5.92 Å². The Balaban J connectivity index is 2.37. The van der Waals surface area contributed by atoms with Gasteiger partial charge in [0.2, 0.25) is 0 Å². The number of aliphatic hydroxyl groups is 1. The van der Waals surface area contributed by atoms with E-state index in [4.69, 9.17) is 11.6 Å². The third kappa shape index (κ3) is 5.38. The van der Waals surface area contributed by atoms with Crippen LogP contribution in [0, 0.1) is 5.92 Å². The van der Waals surface area contributed by atoms with Crippen LogP contribution in [-0.2, 0) is 0 Å². The molecule has 0 aliphatic heterocycles. The minimum atomic E-state index is -0.472. The fourth-order valence-corrected chi connectivity index (χ4v) is 2.10. The monoisotopic (exact) mass is 269 g/mol. The zero-order valence-electron chi connectivity index (χ0n) is 11.6. The molecular formula is C15H24ClNO. The molecule has 0 bridgehead atoms. The largest absolute Gasteiger partial charge is 0.388 e. The Kier molecular flexibility index (Phi) is 6.69. The first kappa shape index (κ1) is 15.5. The smallest absolute Gasteiger partial charge is 0.0816 e. The first-order chi connectivity index (χ1) is 8.50. The lowest BCUT2D eigenvalue weighted by molar-refractivity contribution is 0.148. The van der Waals surface area contributed by atoms with Crippen LogP contribution in [0.4, 0.5) is 0 Å². The average Bonchev–Trinajstić information content (AvgIpc) is 2.34. The zero-order chi connectivity index (χ0) is 13.5. The Morgan fingerprint density at radius 3 is 2.39 bits per heavy atom. The first-order valence-electron chi connectivity index (χ1n) is 6.61. The van der Waals surface area contributed by atoms with Crippen LogP contribution < -0.4 is 0 Å². The highest BCUT2D eigenvalue weighted by Gasteiger charge is 2.11. The number of aliphatic hydroxyl groups excluding tert-OH is 1. The maximum atomic E-state index is 10.1. The summed E-state index contributed by atoms with van der Waals surface area (Å²) < 4.78 is 0. The van der Waals surface area contributed by atoms with Gasteiger partial charge in [-0.2, -0.15) is 0 Å².